The van der Waals surface area contributed by atoms with Crippen LogP contribution in [0.5, 0.6) is 0 Å². The molecule has 100 valence electrons. The number of carbonyl (C=O) groups is 1. The van der Waals surface area contributed by atoms with Crippen molar-refractivity contribution >= 4 is 23.1 Å². The van der Waals surface area contributed by atoms with Gasteiger partial charge in [0.25, 0.3) is 5.91 Å². The number of nitrogens with one attached hydrogen (secondary N) is 1. The number of carbonyl (C=O) groups excluding carboxylic acids is 1. The van der Waals surface area contributed by atoms with Crippen LogP contribution in [-0.4, -0.2) is 26.2 Å². The Kier molecular flexibility index (Phi) is 4.11. The van der Waals surface area contributed by atoms with Crippen molar-refractivity contribution in [3.8, 4) is 0 Å². The summed E-state index contributed by atoms with van der Waals surface area (Å²) in [5, 5.41) is 7.12. The van der Waals surface area contributed by atoms with Gasteiger partial charge in [0.15, 0.2) is 0 Å². The maximum absolute atomic E-state index is 12.3. The third kappa shape index (κ3) is 2.53. The normalized spacial score (nSPS) is 14.1. The minimum absolute atomic E-state index is 0.185. The molecular weight excluding hydrogens is 248 g/mol. The molecule has 0 aliphatic heterocycles. The zero-order valence-electron chi connectivity index (χ0n) is 11.5. The highest BCUT2D eigenvalue weighted by Gasteiger charge is 2.30. The van der Waals surface area contributed by atoms with Crippen LogP contribution in [0, 0.1) is 13.8 Å². The number of nitrogens with two attached hydrogens (primary N) is 1. The van der Waals surface area contributed by atoms with Crippen molar-refractivity contribution in [1.29, 1.82) is 0 Å². The van der Waals surface area contributed by atoms with Crippen LogP contribution in [-0.2, 0) is 7.05 Å². The molecule has 1 amide bonds. The lowest BCUT2D eigenvalue weighted by atomic mass is 9.98. The van der Waals surface area contributed by atoms with Gasteiger partial charge in [0.05, 0.1) is 21.8 Å². The largest absolute Gasteiger partial charge is 0.391 e. The minimum Gasteiger partial charge on any atom is -0.391 e. The molecule has 0 saturated carbocycles. The molecule has 1 aromatic heterocycles. The average Bonchev–Trinajstić information content (AvgIpc) is 2.52. The standard InChI is InChI=1S/C12H20N4OS/c1-6-12(4,11(13)18)14-10(17)9-7(2)15-16(5)8(9)3/h6H2,1-5H3,(H2,13,18)(H,14,17). The molecule has 1 unspecified atom stereocenters. The number of hydrogen-bond donors (Lipinski definition) is 2. The van der Waals surface area contributed by atoms with Crippen LogP contribution in [0.1, 0.15) is 42.0 Å². The van der Waals surface area contributed by atoms with E-state index in [2.05, 4.69) is 10.4 Å². The predicted molar refractivity (Wildman–Crippen MR) is 75.6 cm³/mol. The summed E-state index contributed by atoms with van der Waals surface area (Å²) in [7, 11) is 1.81. The fourth-order valence-electron chi connectivity index (χ4n) is 1.74. The van der Waals surface area contributed by atoms with Gasteiger partial charge in [-0.1, -0.05) is 19.1 Å². The van der Waals surface area contributed by atoms with Crippen LogP contribution in [0.15, 0.2) is 0 Å². The van der Waals surface area contributed by atoms with Crippen molar-refractivity contribution in [1.82, 2.24) is 15.1 Å². The molecule has 1 rings (SSSR count). The molecular formula is C12H20N4OS. The minimum atomic E-state index is -0.666. The van der Waals surface area contributed by atoms with Gasteiger partial charge < -0.3 is 11.1 Å². The zero-order valence-corrected chi connectivity index (χ0v) is 12.3. The molecule has 0 spiro atoms. The van der Waals surface area contributed by atoms with E-state index in [4.69, 9.17) is 18.0 Å². The Hall–Kier alpha value is -1.43. The Morgan fingerprint density at radius 1 is 1.56 bits per heavy atom. The molecule has 0 fully saturated rings. The molecule has 0 aromatic carbocycles. The number of aromatic nitrogens is 2. The van der Waals surface area contributed by atoms with E-state index in [-0.39, 0.29) is 10.9 Å². The monoisotopic (exact) mass is 268 g/mol. The van der Waals surface area contributed by atoms with E-state index in [1.165, 1.54) is 0 Å². The Morgan fingerprint density at radius 3 is 2.44 bits per heavy atom. The lowest BCUT2D eigenvalue weighted by Crippen LogP contribution is -2.54. The second kappa shape index (κ2) is 5.06. The molecule has 0 radical (unpaired) electrons. The Bertz CT molecular complexity index is 495. The second-order valence-electron chi connectivity index (χ2n) is 4.67. The summed E-state index contributed by atoms with van der Waals surface area (Å²) in [6.07, 6.45) is 0.645. The summed E-state index contributed by atoms with van der Waals surface area (Å²) in [6, 6.07) is 0. The number of nitrogens with zero attached hydrogens (tertiary/aromatic N) is 2. The van der Waals surface area contributed by atoms with E-state index in [0.717, 1.165) is 5.69 Å². The highest BCUT2D eigenvalue weighted by atomic mass is 32.1. The van der Waals surface area contributed by atoms with Crippen LogP contribution < -0.4 is 11.1 Å². The van der Waals surface area contributed by atoms with Gasteiger partial charge in [-0.15, -0.1) is 0 Å². The first-order valence-corrected chi connectivity index (χ1v) is 6.26. The summed E-state index contributed by atoms with van der Waals surface area (Å²) < 4.78 is 1.69. The summed E-state index contributed by atoms with van der Waals surface area (Å²) in [5.74, 6) is -0.185. The van der Waals surface area contributed by atoms with Crippen LogP contribution in [0.3, 0.4) is 0 Å². The summed E-state index contributed by atoms with van der Waals surface area (Å²) in [5.41, 5.74) is 7.14. The van der Waals surface area contributed by atoms with Gasteiger partial charge in [0, 0.05) is 12.7 Å². The van der Waals surface area contributed by atoms with Crippen molar-refractivity contribution in [3.05, 3.63) is 17.0 Å². The molecule has 0 aliphatic rings. The number of rotatable bonds is 4. The SMILES string of the molecule is CCC(C)(NC(=O)c1c(C)nn(C)c1C)C(N)=S. The predicted octanol–water partition coefficient (Wildman–Crippen LogP) is 1.22. The molecule has 1 heterocycles. The first kappa shape index (κ1) is 14.6. The van der Waals surface area contributed by atoms with Gasteiger partial charge in [-0.25, -0.2) is 0 Å². The Morgan fingerprint density at radius 2 is 2.11 bits per heavy atom. The molecule has 0 bridgehead atoms. The molecule has 1 aromatic rings. The number of thiocarbonyl (C=S) groups is 1. The topological polar surface area (TPSA) is 72.9 Å². The van der Waals surface area contributed by atoms with Gasteiger partial charge in [-0.05, 0) is 27.2 Å². The fourth-order valence-corrected chi connectivity index (χ4v) is 1.93. The van der Waals surface area contributed by atoms with Gasteiger partial charge >= 0.3 is 0 Å². The lowest BCUT2D eigenvalue weighted by Gasteiger charge is -2.28. The number of amides is 1. The maximum atomic E-state index is 12.3. The van der Waals surface area contributed by atoms with Crippen LogP contribution in [0.25, 0.3) is 0 Å². The molecule has 0 saturated heterocycles. The van der Waals surface area contributed by atoms with Crippen molar-refractivity contribution in [2.75, 3.05) is 0 Å². The van der Waals surface area contributed by atoms with Gasteiger partial charge in [0.2, 0.25) is 0 Å². The molecule has 1 atom stereocenters. The summed E-state index contributed by atoms with van der Waals surface area (Å²) in [6.45, 7) is 7.43. The molecule has 18 heavy (non-hydrogen) atoms. The summed E-state index contributed by atoms with van der Waals surface area (Å²) in [4.78, 5) is 12.6. The second-order valence-corrected chi connectivity index (χ2v) is 5.11. The molecule has 6 heteroatoms. The van der Waals surface area contributed by atoms with Crippen molar-refractivity contribution in [2.45, 2.75) is 39.7 Å². The van der Waals surface area contributed by atoms with E-state index in [1.54, 1.807) is 4.68 Å². The first-order chi connectivity index (χ1) is 8.23. The third-order valence-electron chi connectivity index (χ3n) is 3.38. The van der Waals surface area contributed by atoms with Crippen molar-refractivity contribution in [2.24, 2.45) is 12.8 Å². The average molecular weight is 268 g/mol. The van der Waals surface area contributed by atoms with E-state index in [0.29, 0.717) is 17.7 Å². The lowest BCUT2D eigenvalue weighted by molar-refractivity contribution is 0.0925. The summed E-state index contributed by atoms with van der Waals surface area (Å²) >= 11 is 5.01. The Balaban J connectivity index is 3.06. The first-order valence-electron chi connectivity index (χ1n) is 5.85. The molecule has 5 nitrogen and oxygen atoms in total. The van der Waals surface area contributed by atoms with Gasteiger partial charge in [-0.3, -0.25) is 9.48 Å². The van der Waals surface area contributed by atoms with Crippen molar-refractivity contribution in [3.63, 3.8) is 0 Å². The maximum Gasteiger partial charge on any atom is 0.255 e. The van der Waals surface area contributed by atoms with Crippen LogP contribution in [0.4, 0.5) is 0 Å². The fraction of sp³-hybridized carbons (Fsp3) is 0.583. The third-order valence-corrected chi connectivity index (χ3v) is 3.83. The van der Waals surface area contributed by atoms with Crippen molar-refractivity contribution < 1.29 is 4.79 Å². The zero-order chi connectivity index (χ0) is 14.1. The molecule has 0 aliphatic carbocycles. The smallest absolute Gasteiger partial charge is 0.255 e. The van der Waals surface area contributed by atoms with E-state index in [1.807, 2.05) is 34.7 Å². The van der Waals surface area contributed by atoms with E-state index in [9.17, 15) is 4.79 Å². The highest BCUT2D eigenvalue weighted by molar-refractivity contribution is 7.80. The highest BCUT2D eigenvalue weighted by Crippen LogP contribution is 2.15. The van der Waals surface area contributed by atoms with Gasteiger partial charge in [0.1, 0.15) is 0 Å². The Labute approximate surface area is 113 Å². The number of aryl methyl sites for hydroxylation is 2. The van der Waals surface area contributed by atoms with Gasteiger partial charge in [-0.2, -0.15) is 5.10 Å². The van der Waals surface area contributed by atoms with Crippen LogP contribution >= 0.6 is 12.2 Å². The van der Waals surface area contributed by atoms with E-state index < -0.39 is 5.54 Å². The molecule has 3 N–H and O–H groups in total. The quantitative estimate of drug-likeness (QED) is 0.805. The van der Waals surface area contributed by atoms with E-state index >= 15 is 0 Å². The number of hydrogen-bond acceptors (Lipinski definition) is 3. The van der Waals surface area contributed by atoms with Crippen LogP contribution in [0.2, 0.25) is 0 Å².